The predicted molar refractivity (Wildman–Crippen MR) is 432 cm³/mol. The zero-order valence-corrected chi connectivity index (χ0v) is 57.0. The molecule has 6 heterocycles. The number of nitrogens with zero attached hydrogens (tertiary/aromatic N) is 8. The van der Waals surface area contributed by atoms with Crippen LogP contribution in [0, 0.1) is 0 Å². The maximum absolute atomic E-state index is 6.75. The smallest absolute Gasteiger partial charge is 0.164 e. The third-order valence-electron chi connectivity index (χ3n) is 20.1. The lowest BCUT2D eigenvalue weighted by atomic mass is 10.0. The van der Waals surface area contributed by atoms with Crippen LogP contribution in [0.15, 0.2) is 373 Å². The van der Waals surface area contributed by atoms with E-state index in [1.54, 1.807) is 0 Å². The molecule has 10 heteroatoms. The molecule has 0 saturated heterocycles. The Morgan fingerprint density at radius 1 is 0.179 bits per heavy atom. The van der Waals surface area contributed by atoms with E-state index >= 15 is 0 Å². The highest BCUT2D eigenvalue weighted by molar-refractivity contribution is 6.20. The SMILES string of the molecule is c1ccc(-c2ccc(-c3nc(-c4ccccc4)nc(-c4ccc(-c5cccc6c5oc5cc7c8ccccc8n(-c8ccccc8)c7cc56)cc4)n3)cc2)cc1.c1ccc(-c2nc(-c3ccccc3)nc(-c3ccc(-c4cccc5c4oc4cc6c7ccccc7n(-c7ccccc7)c6cc45)cc3)n2)cc1. The van der Waals surface area contributed by atoms with E-state index < -0.39 is 0 Å². The van der Waals surface area contributed by atoms with Crippen LogP contribution < -0.4 is 0 Å². The molecule has 496 valence electrons. The molecule has 6 aromatic heterocycles. The van der Waals surface area contributed by atoms with Gasteiger partial charge in [-0.25, -0.2) is 29.9 Å². The highest BCUT2D eigenvalue weighted by Gasteiger charge is 2.22. The molecule has 0 amide bonds. The first-order chi connectivity index (χ1) is 52.5. The van der Waals surface area contributed by atoms with E-state index in [1.807, 2.05) is 97.1 Å². The first kappa shape index (κ1) is 61.4. The molecule has 0 aliphatic rings. The van der Waals surface area contributed by atoms with Crippen molar-refractivity contribution in [3.8, 4) is 113 Å². The van der Waals surface area contributed by atoms with Crippen LogP contribution in [0.1, 0.15) is 0 Å². The molecule has 0 aliphatic heterocycles. The normalized spacial score (nSPS) is 11.6. The number of para-hydroxylation sites is 6. The van der Waals surface area contributed by atoms with Crippen molar-refractivity contribution in [3.63, 3.8) is 0 Å². The summed E-state index contributed by atoms with van der Waals surface area (Å²) in [5, 5.41) is 9.10. The lowest BCUT2D eigenvalue weighted by Gasteiger charge is -2.10. The molecule has 21 rings (SSSR count). The summed E-state index contributed by atoms with van der Waals surface area (Å²) in [7, 11) is 0. The summed E-state index contributed by atoms with van der Waals surface area (Å²) in [4.78, 5) is 29.6. The van der Waals surface area contributed by atoms with Crippen molar-refractivity contribution >= 4 is 87.5 Å². The van der Waals surface area contributed by atoms with Crippen molar-refractivity contribution in [1.29, 1.82) is 0 Å². The van der Waals surface area contributed by atoms with Gasteiger partial charge in [0.25, 0.3) is 0 Å². The van der Waals surface area contributed by atoms with Gasteiger partial charge in [-0.2, -0.15) is 0 Å². The van der Waals surface area contributed by atoms with Crippen LogP contribution in [0.2, 0.25) is 0 Å². The van der Waals surface area contributed by atoms with Crippen LogP contribution >= 0.6 is 0 Å². The molecule has 0 fully saturated rings. The van der Waals surface area contributed by atoms with Crippen LogP contribution in [0.4, 0.5) is 0 Å². The summed E-state index contributed by atoms with van der Waals surface area (Å²) in [6.45, 7) is 0. The molecule has 0 radical (unpaired) electrons. The van der Waals surface area contributed by atoms with Crippen LogP contribution in [-0.2, 0) is 0 Å². The lowest BCUT2D eigenvalue weighted by Crippen LogP contribution is -2.00. The van der Waals surface area contributed by atoms with E-state index in [0.29, 0.717) is 34.9 Å². The van der Waals surface area contributed by atoms with Gasteiger partial charge in [-0.15, -0.1) is 0 Å². The van der Waals surface area contributed by atoms with E-state index in [-0.39, 0.29) is 0 Å². The van der Waals surface area contributed by atoms with Crippen molar-refractivity contribution in [1.82, 2.24) is 39.0 Å². The number of rotatable bonds is 11. The topological polar surface area (TPSA) is 113 Å². The fourth-order valence-electron chi connectivity index (χ4n) is 15.0. The third kappa shape index (κ3) is 10.9. The molecule has 0 atom stereocenters. The second-order valence-electron chi connectivity index (χ2n) is 26.5. The summed E-state index contributed by atoms with van der Waals surface area (Å²) in [6.07, 6.45) is 0. The Kier molecular flexibility index (Phi) is 15.0. The van der Waals surface area contributed by atoms with E-state index in [0.717, 1.165) is 127 Å². The molecule has 21 aromatic rings. The predicted octanol–water partition coefficient (Wildman–Crippen LogP) is 24.7. The summed E-state index contributed by atoms with van der Waals surface area (Å²) in [5.41, 5.74) is 22.5. The quantitative estimate of drug-likeness (QED) is 0.126. The molecular formula is C96H60N8O2. The highest BCUT2D eigenvalue weighted by atomic mass is 16.3. The minimum Gasteiger partial charge on any atom is -0.455 e. The minimum absolute atomic E-state index is 0.618. The third-order valence-corrected chi connectivity index (χ3v) is 20.1. The highest BCUT2D eigenvalue weighted by Crippen LogP contribution is 2.44. The standard InChI is InChI=1S/C51H32N4O.C45H28N4O/c1-4-13-33(14-5-1)34-23-27-37(28-24-34)50-52-49(36-15-6-2-7-16-36)53-51(54-50)38-29-25-35(26-30-38)40-20-12-21-42-44-31-46-43(32-47(44)56-48(40)42)41-19-10-11-22-45(41)55(46)39-17-8-3-9-18-39;1-4-13-30(14-5-1)43-46-44(31-15-6-2-7-16-31)48-45(47-43)32-25-23-29(24-26-32)34-20-12-21-36-38-27-40-37(28-41(38)50-42(34)36)35-19-10-11-22-39(35)49(40)33-17-8-3-9-18-33/h1-32H;1-28H. The van der Waals surface area contributed by atoms with Gasteiger partial charge in [-0.1, -0.05) is 303 Å². The van der Waals surface area contributed by atoms with Gasteiger partial charge < -0.3 is 18.0 Å². The monoisotopic (exact) mass is 1360 g/mol. The van der Waals surface area contributed by atoms with Crippen molar-refractivity contribution in [3.05, 3.63) is 364 Å². The van der Waals surface area contributed by atoms with Crippen LogP contribution in [-0.4, -0.2) is 39.0 Å². The molecule has 106 heavy (non-hydrogen) atoms. The summed E-state index contributed by atoms with van der Waals surface area (Å²) < 4.78 is 18.2. The Labute approximate surface area is 608 Å². The van der Waals surface area contributed by atoms with Gasteiger partial charge in [-0.3, -0.25) is 0 Å². The molecule has 0 bridgehead atoms. The van der Waals surface area contributed by atoms with Crippen molar-refractivity contribution < 1.29 is 8.83 Å². The Morgan fingerprint density at radius 2 is 0.443 bits per heavy atom. The molecule has 0 unspecified atom stereocenters. The van der Waals surface area contributed by atoms with Crippen LogP contribution in [0.3, 0.4) is 0 Å². The Hall–Kier alpha value is -14.5. The fraction of sp³-hybridized carbons (Fsp3) is 0. The van der Waals surface area contributed by atoms with Gasteiger partial charge in [-0.05, 0) is 82.9 Å². The molecule has 10 nitrogen and oxygen atoms in total. The zero-order valence-electron chi connectivity index (χ0n) is 57.0. The van der Waals surface area contributed by atoms with Crippen LogP contribution in [0.25, 0.3) is 201 Å². The van der Waals surface area contributed by atoms with Crippen molar-refractivity contribution in [2.45, 2.75) is 0 Å². The molecule has 0 spiro atoms. The first-order valence-electron chi connectivity index (χ1n) is 35.5. The molecular weight excluding hydrogens is 1300 g/mol. The average molecular weight is 1360 g/mol. The van der Waals surface area contributed by atoms with Crippen molar-refractivity contribution in [2.75, 3.05) is 0 Å². The molecule has 0 N–H and O–H groups in total. The molecule has 0 aliphatic carbocycles. The van der Waals surface area contributed by atoms with Gasteiger partial charge in [0.2, 0.25) is 0 Å². The van der Waals surface area contributed by atoms with Gasteiger partial charge >= 0.3 is 0 Å². The number of hydrogen-bond donors (Lipinski definition) is 0. The van der Waals surface area contributed by atoms with Gasteiger partial charge in [0.1, 0.15) is 22.3 Å². The van der Waals surface area contributed by atoms with E-state index in [4.69, 9.17) is 38.7 Å². The summed E-state index contributed by atoms with van der Waals surface area (Å²) >= 11 is 0. The van der Waals surface area contributed by atoms with Crippen LogP contribution in [0.5, 0.6) is 0 Å². The minimum atomic E-state index is 0.618. The van der Waals surface area contributed by atoms with E-state index in [1.165, 1.54) is 38.1 Å². The summed E-state index contributed by atoms with van der Waals surface area (Å²) in [5.74, 6) is 3.80. The maximum atomic E-state index is 6.75. The summed E-state index contributed by atoms with van der Waals surface area (Å²) in [6, 6.07) is 126. The van der Waals surface area contributed by atoms with E-state index in [9.17, 15) is 0 Å². The maximum Gasteiger partial charge on any atom is 0.164 e. The second kappa shape index (κ2) is 25.8. The average Bonchev–Trinajstić information content (AvgIpc) is 1.57. The number of furan rings is 2. The first-order valence-corrected chi connectivity index (χ1v) is 35.5. The number of hydrogen-bond acceptors (Lipinski definition) is 8. The largest absolute Gasteiger partial charge is 0.455 e. The van der Waals surface area contributed by atoms with Gasteiger partial charge in [0.15, 0.2) is 34.9 Å². The zero-order chi connectivity index (χ0) is 70.0. The molecule has 0 saturated carbocycles. The number of benzene rings is 15. The molecule has 15 aromatic carbocycles. The number of fused-ring (bicyclic) bond motifs is 12. The Morgan fingerprint density at radius 3 is 0.792 bits per heavy atom. The van der Waals surface area contributed by atoms with Gasteiger partial charge in [0, 0.05) is 99.0 Å². The Balaban J connectivity index is 0.000000141. The Bertz CT molecular complexity index is 6820. The van der Waals surface area contributed by atoms with E-state index in [2.05, 4.69) is 276 Å². The van der Waals surface area contributed by atoms with Gasteiger partial charge in [0.05, 0.1) is 22.1 Å². The second-order valence-corrected chi connectivity index (χ2v) is 26.5. The number of aromatic nitrogens is 8. The fourth-order valence-corrected chi connectivity index (χ4v) is 15.0. The van der Waals surface area contributed by atoms with Crippen molar-refractivity contribution in [2.24, 2.45) is 0 Å². The lowest BCUT2D eigenvalue weighted by molar-refractivity contribution is 0.670.